The Bertz CT molecular complexity index is 189. The molecule has 1 atom stereocenters. The second-order valence-corrected chi connectivity index (χ2v) is 4.60. The zero-order valence-corrected chi connectivity index (χ0v) is 8.72. The number of carbonyl (C=O) groups excluding carboxylic acids is 1. The van der Waals surface area contributed by atoms with Gasteiger partial charge in [0, 0.05) is 13.2 Å². The summed E-state index contributed by atoms with van der Waals surface area (Å²) in [5, 5.41) is 2.97. The van der Waals surface area contributed by atoms with E-state index in [1.54, 1.807) is 0 Å². The number of hydrogen-bond donors (Lipinski definition) is 1. The molecule has 0 radical (unpaired) electrons. The van der Waals surface area contributed by atoms with E-state index in [9.17, 15) is 4.79 Å². The molecule has 1 aliphatic rings. The summed E-state index contributed by atoms with van der Waals surface area (Å²) in [4.78, 5) is 11.2. The van der Waals surface area contributed by atoms with Crippen LogP contribution in [0.1, 0.15) is 33.1 Å². The van der Waals surface area contributed by atoms with Crippen LogP contribution in [0, 0.1) is 5.41 Å². The quantitative estimate of drug-likeness (QED) is 0.720. The van der Waals surface area contributed by atoms with Gasteiger partial charge >= 0.3 is 0 Å². The van der Waals surface area contributed by atoms with Crippen molar-refractivity contribution in [3.63, 3.8) is 0 Å². The van der Waals surface area contributed by atoms with Gasteiger partial charge in [0.2, 0.25) is 5.91 Å². The highest BCUT2D eigenvalue weighted by atomic mass is 16.5. The van der Waals surface area contributed by atoms with Crippen LogP contribution in [-0.4, -0.2) is 25.7 Å². The number of rotatable bonds is 3. The topological polar surface area (TPSA) is 38.3 Å². The Labute approximate surface area is 79.8 Å². The summed E-state index contributed by atoms with van der Waals surface area (Å²) in [5.41, 5.74) is 0.394. The molecule has 0 bridgehead atoms. The average Bonchev–Trinajstić information content (AvgIpc) is 2.30. The third-order valence-electron chi connectivity index (χ3n) is 2.61. The van der Waals surface area contributed by atoms with Crippen LogP contribution in [0.5, 0.6) is 0 Å². The van der Waals surface area contributed by atoms with Gasteiger partial charge in [-0.1, -0.05) is 13.8 Å². The fourth-order valence-electron chi connectivity index (χ4n) is 1.96. The Balaban J connectivity index is 2.28. The Morgan fingerprint density at radius 2 is 2.31 bits per heavy atom. The van der Waals surface area contributed by atoms with Crippen LogP contribution < -0.4 is 5.32 Å². The molecule has 0 heterocycles. The predicted molar refractivity (Wildman–Crippen MR) is 51.4 cm³/mol. The number of nitrogens with one attached hydrogen (secondary N) is 1. The minimum Gasteiger partial charge on any atom is -0.375 e. The van der Waals surface area contributed by atoms with E-state index in [1.807, 2.05) is 0 Å². The zero-order valence-electron chi connectivity index (χ0n) is 8.72. The SMILES string of the molecule is COCC(=O)NC1CCC(C)(C)C1. The van der Waals surface area contributed by atoms with Crippen LogP contribution in [0.3, 0.4) is 0 Å². The molecule has 1 aliphatic carbocycles. The first-order valence-electron chi connectivity index (χ1n) is 4.82. The lowest BCUT2D eigenvalue weighted by Gasteiger charge is -2.17. The zero-order chi connectivity index (χ0) is 9.90. The highest BCUT2D eigenvalue weighted by Gasteiger charge is 2.31. The maximum absolute atomic E-state index is 11.2. The second kappa shape index (κ2) is 4.09. The Morgan fingerprint density at radius 3 is 2.77 bits per heavy atom. The number of methoxy groups -OCH3 is 1. The van der Waals surface area contributed by atoms with Crippen LogP contribution in [0.2, 0.25) is 0 Å². The summed E-state index contributed by atoms with van der Waals surface area (Å²) < 4.78 is 4.75. The first kappa shape index (κ1) is 10.5. The van der Waals surface area contributed by atoms with Crippen LogP contribution in [0.15, 0.2) is 0 Å². The molecule has 1 fully saturated rings. The average molecular weight is 185 g/mol. The van der Waals surface area contributed by atoms with Crippen LogP contribution in [0.25, 0.3) is 0 Å². The minimum absolute atomic E-state index is 0.00481. The molecule has 0 aromatic carbocycles. The van der Waals surface area contributed by atoms with Crippen molar-refractivity contribution < 1.29 is 9.53 Å². The molecule has 1 unspecified atom stereocenters. The van der Waals surface area contributed by atoms with Gasteiger partial charge in [0.1, 0.15) is 6.61 Å². The number of ether oxygens (including phenoxy) is 1. The highest BCUT2D eigenvalue weighted by molar-refractivity contribution is 5.77. The first-order chi connectivity index (χ1) is 6.03. The molecule has 1 rings (SSSR count). The molecule has 0 spiro atoms. The van der Waals surface area contributed by atoms with E-state index in [2.05, 4.69) is 19.2 Å². The van der Waals surface area contributed by atoms with Crippen LogP contribution >= 0.6 is 0 Å². The molecule has 1 amide bonds. The molecule has 0 aromatic heterocycles. The molecule has 1 N–H and O–H groups in total. The summed E-state index contributed by atoms with van der Waals surface area (Å²) in [6, 6.07) is 0.359. The monoisotopic (exact) mass is 185 g/mol. The molecule has 0 aromatic rings. The molecule has 0 saturated heterocycles. The summed E-state index contributed by atoms with van der Waals surface area (Å²) >= 11 is 0. The highest BCUT2D eigenvalue weighted by Crippen LogP contribution is 2.36. The second-order valence-electron chi connectivity index (χ2n) is 4.60. The van der Waals surface area contributed by atoms with Crippen molar-refractivity contribution in [3.8, 4) is 0 Å². The van der Waals surface area contributed by atoms with Gasteiger partial charge < -0.3 is 10.1 Å². The number of amides is 1. The van der Waals surface area contributed by atoms with Gasteiger partial charge in [0.25, 0.3) is 0 Å². The van der Waals surface area contributed by atoms with Crippen LogP contribution in [0.4, 0.5) is 0 Å². The largest absolute Gasteiger partial charge is 0.375 e. The molecule has 1 saturated carbocycles. The number of carbonyl (C=O) groups is 1. The van der Waals surface area contributed by atoms with Crippen molar-refractivity contribution >= 4 is 5.91 Å². The number of hydrogen-bond acceptors (Lipinski definition) is 2. The van der Waals surface area contributed by atoms with Gasteiger partial charge in [-0.25, -0.2) is 0 Å². The van der Waals surface area contributed by atoms with Crippen molar-refractivity contribution in [2.24, 2.45) is 5.41 Å². The lowest BCUT2D eigenvalue weighted by Crippen LogP contribution is -2.35. The lowest BCUT2D eigenvalue weighted by atomic mass is 9.92. The van der Waals surface area contributed by atoms with E-state index in [1.165, 1.54) is 13.5 Å². The van der Waals surface area contributed by atoms with Gasteiger partial charge in [-0.3, -0.25) is 4.79 Å². The maximum atomic E-state index is 11.2. The lowest BCUT2D eigenvalue weighted by molar-refractivity contribution is -0.125. The smallest absolute Gasteiger partial charge is 0.246 e. The summed E-state index contributed by atoms with van der Waals surface area (Å²) in [6.45, 7) is 4.67. The van der Waals surface area contributed by atoms with Crippen molar-refractivity contribution in [3.05, 3.63) is 0 Å². The molecular formula is C10H19NO2. The van der Waals surface area contributed by atoms with Crippen molar-refractivity contribution in [2.45, 2.75) is 39.2 Å². The van der Waals surface area contributed by atoms with E-state index >= 15 is 0 Å². The maximum Gasteiger partial charge on any atom is 0.246 e. The first-order valence-corrected chi connectivity index (χ1v) is 4.82. The van der Waals surface area contributed by atoms with Crippen molar-refractivity contribution in [1.82, 2.24) is 5.32 Å². The molecule has 13 heavy (non-hydrogen) atoms. The minimum atomic E-state index is 0.00481. The standard InChI is InChI=1S/C10H19NO2/c1-10(2)5-4-8(6-10)11-9(12)7-13-3/h8H,4-7H2,1-3H3,(H,11,12). The molecular weight excluding hydrogens is 166 g/mol. The van der Waals surface area contributed by atoms with Gasteiger partial charge in [-0.2, -0.15) is 0 Å². The van der Waals surface area contributed by atoms with Crippen molar-refractivity contribution in [1.29, 1.82) is 0 Å². The van der Waals surface area contributed by atoms with Gasteiger partial charge in [-0.15, -0.1) is 0 Å². The van der Waals surface area contributed by atoms with E-state index in [-0.39, 0.29) is 12.5 Å². The Morgan fingerprint density at radius 1 is 1.62 bits per heavy atom. The van der Waals surface area contributed by atoms with Gasteiger partial charge in [0.15, 0.2) is 0 Å². The fraction of sp³-hybridized carbons (Fsp3) is 0.900. The van der Waals surface area contributed by atoms with Gasteiger partial charge in [-0.05, 0) is 24.7 Å². The van der Waals surface area contributed by atoms with E-state index in [0.717, 1.165) is 12.8 Å². The Hall–Kier alpha value is -0.570. The van der Waals surface area contributed by atoms with Gasteiger partial charge in [0.05, 0.1) is 0 Å². The molecule has 3 nitrogen and oxygen atoms in total. The predicted octanol–water partition coefficient (Wildman–Crippen LogP) is 1.33. The summed E-state index contributed by atoms with van der Waals surface area (Å²) in [5.74, 6) is 0.00481. The van der Waals surface area contributed by atoms with E-state index in [4.69, 9.17) is 4.74 Å². The summed E-state index contributed by atoms with van der Waals surface area (Å²) in [7, 11) is 1.54. The molecule has 0 aliphatic heterocycles. The normalized spacial score (nSPS) is 25.9. The van der Waals surface area contributed by atoms with Crippen LogP contribution in [-0.2, 0) is 9.53 Å². The third-order valence-corrected chi connectivity index (χ3v) is 2.61. The van der Waals surface area contributed by atoms with E-state index in [0.29, 0.717) is 11.5 Å². The van der Waals surface area contributed by atoms with Crippen molar-refractivity contribution in [2.75, 3.05) is 13.7 Å². The third kappa shape index (κ3) is 3.35. The molecule has 76 valence electrons. The Kier molecular flexibility index (Phi) is 3.31. The summed E-state index contributed by atoms with van der Waals surface area (Å²) in [6.07, 6.45) is 3.38. The molecule has 3 heteroatoms. The van der Waals surface area contributed by atoms with E-state index < -0.39 is 0 Å². The fourth-order valence-corrected chi connectivity index (χ4v) is 1.96.